The summed E-state index contributed by atoms with van der Waals surface area (Å²) in [4.78, 5) is 25.0. The van der Waals surface area contributed by atoms with Crippen LogP contribution in [-0.4, -0.2) is 23.3 Å². The predicted molar refractivity (Wildman–Crippen MR) is 90.4 cm³/mol. The lowest BCUT2D eigenvalue weighted by Gasteiger charge is -2.59. The van der Waals surface area contributed by atoms with Gasteiger partial charge in [0.2, 0.25) is 0 Å². The Balaban J connectivity index is 1.53. The van der Waals surface area contributed by atoms with Crippen LogP contribution in [0.2, 0.25) is 0 Å². The van der Waals surface area contributed by atoms with Crippen molar-refractivity contribution < 1.29 is 14.3 Å². The highest BCUT2D eigenvalue weighted by Crippen LogP contribution is 2.72. The van der Waals surface area contributed by atoms with Crippen LogP contribution in [0.1, 0.15) is 72.1 Å². The minimum absolute atomic E-state index is 0.0724. The van der Waals surface area contributed by atoms with Crippen molar-refractivity contribution >= 4 is 11.6 Å². The molecule has 0 aromatic carbocycles. The molecule has 3 nitrogen and oxygen atoms in total. The van der Waals surface area contributed by atoms with Gasteiger partial charge in [-0.15, -0.1) is 0 Å². The SMILES string of the molecule is CC[C@H]1CC(=O)[C@@]2(C)CC[C@H]3[C@@H](CCC45OC4C(=O)CC[C@]35C)[C@H]12. The summed E-state index contributed by atoms with van der Waals surface area (Å²) in [7, 11) is 0. The maximum Gasteiger partial charge on any atom is 0.164 e. The van der Waals surface area contributed by atoms with Crippen LogP contribution in [0.25, 0.3) is 0 Å². The number of epoxide rings is 1. The van der Waals surface area contributed by atoms with Gasteiger partial charge in [0, 0.05) is 23.7 Å². The molecule has 5 rings (SSSR count). The largest absolute Gasteiger partial charge is 0.357 e. The summed E-state index contributed by atoms with van der Waals surface area (Å²) in [5.74, 6) is 3.32. The Morgan fingerprint density at radius 1 is 1.12 bits per heavy atom. The summed E-state index contributed by atoms with van der Waals surface area (Å²) in [6.45, 7) is 6.94. The van der Waals surface area contributed by atoms with Crippen molar-refractivity contribution in [3.05, 3.63) is 0 Å². The number of carbonyl (C=O) groups is 2. The molecule has 1 aliphatic heterocycles. The topological polar surface area (TPSA) is 46.7 Å². The summed E-state index contributed by atoms with van der Waals surface area (Å²) in [6.07, 6.45) is 7.95. The van der Waals surface area contributed by atoms with Gasteiger partial charge in [0.05, 0.1) is 0 Å². The molecule has 132 valence electrons. The molecular weight excluding hydrogens is 300 g/mol. The van der Waals surface area contributed by atoms with Crippen molar-refractivity contribution in [2.45, 2.75) is 83.8 Å². The quantitative estimate of drug-likeness (QED) is 0.684. The van der Waals surface area contributed by atoms with Crippen LogP contribution >= 0.6 is 0 Å². The van der Waals surface area contributed by atoms with Crippen LogP contribution in [0, 0.1) is 34.5 Å². The van der Waals surface area contributed by atoms with Crippen molar-refractivity contribution in [3.8, 4) is 0 Å². The van der Waals surface area contributed by atoms with E-state index >= 15 is 0 Å². The Labute approximate surface area is 144 Å². The third-order valence-electron chi connectivity index (χ3n) is 9.32. The molecule has 1 spiro atoms. The molecule has 4 aliphatic carbocycles. The molecule has 5 fully saturated rings. The molecule has 0 N–H and O–H groups in total. The normalized spacial score (nSPS) is 58.5. The number of Topliss-reactive ketones (excluding diaryl/α,β-unsaturated/α-hetero) is 2. The molecule has 0 bridgehead atoms. The Morgan fingerprint density at radius 2 is 1.92 bits per heavy atom. The number of carbonyl (C=O) groups excluding carboxylic acids is 2. The summed E-state index contributed by atoms with van der Waals surface area (Å²) in [5.41, 5.74) is -0.0572. The van der Waals surface area contributed by atoms with Gasteiger partial charge in [-0.05, 0) is 55.8 Å². The average Bonchev–Trinajstić information content (AvgIpc) is 3.25. The Bertz CT molecular complexity index is 627. The van der Waals surface area contributed by atoms with E-state index in [0.29, 0.717) is 41.7 Å². The van der Waals surface area contributed by atoms with E-state index in [1.54, 1.807) is 0 Å². The zero-order valence-electron chi connectivity index (χ0n) is 15.3. The Morgan fingerprint density at radius 3 is 2.67 bits per heavy atom. The molecule has 3 heteroatoms. The fourth-order valence-corrected chi connectivity index (χ4v) is 7.94. The van der Waals surface area contributed by atoms with Crippen LogP contribution in [0.3, 0.4) is 0 Å². The predicted octanol–water partition coefficient (Wildman–Crippen LogP) is 3.93. The third-order valence-corrected chi connectivity index (χ3v) is 9.32. The highest BCUT2D eigenvalue weighted by atomic mass is 16.6. The molecule has 2 unspecified atom stereocenters. The lowest BCUT2D eigenvalue weighted by atomic mass is 9.44. The van der Waals surface area contributed by atoms with Crippen LogP contribution < -0.4 is 0 Å². The van der Waals surface area contributed by atoms with Gasteiger partial charge in [-0.3, -0.25) is 9.59 Å². The minimum atomic E-state index is -0.137. The summed E-state index contributed by atoms with van der Waals surface area (Å²) in [5, 5.41) is 0. The first-order chi connectivity index (χ1) is 11.4. The number of ether oxygens (including phenoxy) is 1. The molecule has 8 atom stereocenters. The van der Waals surface area contributed by atoms with E-state index < -0.39 is 0 Å². The number of hydrogen-bond acceptors (Lipinski definition) is 3. The fourth-order valence-electron chi connectivity index (χ4n) is 7.94. The van der Waals surface area contributed by atoms with Crippen molar-refractivity contribution in [1.82, 2.24) is 0 Å². The van der Waals surface area contributed by atoms with Gasteiger partial charge in [0.25, 0.3) is 0 Å². The maximum absolute atomic E-state index is 12.8. The van der Waals surface area contributed by atoms with Crippen LogP contribution in [0.15, 0.2) is 0 Å². The molecule has 5 aliphatic rings. The average molecular weight is 330 g/mol. The second-order valence-corrected chi connectivity index (χ2v) is 9.86. The van der Waals surface area contributed by atoms with Gasteiger partial charge in [-0.1, -0.05) is 27.2 Å². The molecule has 0 amide bonds. The smallest absolute Gasteiger partial charge is 0.164 e. The van der Waals surface area contributed by atoms with Crippen molar-refractivity contribution in [1.29, 1.82) is 0 Å². The number of hydrogen-bond donors (Lipinski definition) is 0. The number of rotatable bonds is 1. The van der Waals surface area contributed by atoms with E-state index in [0.717, 1.165) is 44.9 Å². The Kier molecular flexibility index (Phi) is 2.93. The number of fused-ring (bicyclic) bond motifs is 4. The highest BCUT2D eigenvalue weighted by Gasteiger charge is 2.76. The first-order valence-electron chi connectivity index (χ1n) is 10.1. The first kappa shape index (κ1) is 15.5. The standard InChI is InChI=1S/C21H30O3/c1-4-12-11-16(23)19(2)8-6-14-13(17(12)19)5-10-21-18(24-21)15(22)7-9-20(14,21)3/h12-14,17-18H,4-11H2,1-3H3/t12-,13+,14-,17-,18?,19+,20+,21?/m0/s1. The fraction of sp³-hybridized carbons (Fsp3) is 0.905. The Hall–Kier alpha value is -0.700. The molecule has 1 saturated heterocycles. The lowest BCUT2D eigenvalue weighted by molar-refractivity contribution is -0.142. The summed E-state index contributed by atoms with van der Waals surface area (Å²) in [6, 6.07) is 0. The lowest BCUT2D eigenvalue weighted by Crippen LogP contribution is -2.58. The zero-order valence-corrected chi connectivity index (χ0v) is 15.3. The van der Waals surface area contributed by atoms with Crippen LogP contribution in [-0.2, 0) is 14.3 Å². The molecular formula is C21H30O3. The van der Waals surface area contributed by atoms with Gasteiger partial charge in [0.15, 0.2) is 5.78 Å². The van der Waals surface area contributed by atoms with Crippen LogP contribution in [0.4, 0.5) is 0 Å². The van der Waals surface area contributed by atoms with E-state index in [-0.39, 0.29) is 22.5 Å². The monoisotopic (exact) mass is 330 g/mol. The van der Waals surface area contributed by atoms with E-state index in [9.17, 15) is 9.59 Å². The van der Waals surface area contributed by atoms with E-state index in [1.807, 2.05) is 0 Å². The van der Waals surface area contributed by atoms with E-state index in [2.05, 4.69) is 20.8 Å². The van der Waals surface area contributed by atoms with Crippen molar-refractivity contribution in [2.75, 3.05) is 0 Å². The molecule has 0 aromatic rings. The van der Waals surface area contributed by atoms with Gasteiger partial charge in [-0.2, -0.15) is 0 Å². The number of ketones is 2. The minimum Gasteiger partial charge on any atom is -0.357 e. The second-order valence-electron chi connectivity index (χ2n) is 9.86. The van der Waals surface area contributed by atoms with Crippen molar-refractivity contribution in [2.24, 2.45) is 34.5 Å². The molecule has 1 heterocycles. The summed E-state index contributed by atoms with van der Waals surface area (Å²) >= 11 is 0. The van der Waals surface area contributed by atoms with Gasteiger partial charge in [-0.25, -0.2) is 0 Å². The van der Waals surface area contributed by atoms with Crippen LogP contribution in [0.5, 0.6) is 0 Å². The maximum atomic E-state index is 12.8. The zero-order chi connectivity index (χ0) is 16.9. The van der Waals surface area contributed by atoms with Crippen molar-refractivity contribution in [3.63, 3.8) is 0 Å². The van der Waals surface area contributed by atoms with Gasteiger partial charge < -0.3 is 4.74 Å². The first-order valence-corrected chi connectivity index (χ1v) is 10.1. The van der Waals surface area contributed by atoms with E-state index in [4.69, 9.17) is 4.74 Å². The molecule has 4 saturated carbocycles. The van der Waals surface area contributed by atoms with Gasteiger partial charge in [0.1, 0.15) is 17.5 Å². The van der Waals surface area contributed by atoms with E-state index in [1.165, 1.54) is 0 Å². The third kappa shape index (κ3) is 1.55. The molecule has 0 aromatic heterocycles. The summed E-state index contributed by atoms with van der Waals surface area (Å²) < 4.78 is 6.13. The molecule has 24 heavy (non-hydrogen) atoms. The second kappa shape index (κ2) is 4.52. The highest BCUT2D eigenvalue weighted by molar-refractivity contribution is 5.89. The van der Waals surface area contributed by atoms with Gasteiger partial charge >= 0.3 is 0 Å². The molecule has 0 radical (unpaired) electrons.